The summed E-state index contributed by atoms with van der Waals surface area (Å²) in [7, 11) is 1.65. The van der Waals surface area contributed by atoms with E-state index >= 15 is 0 Å². The number of benzene rings is 1. The average molecular weight is 499 g/mol. The lowest BCUT2D eigenvalue weighted by atomic mass is 10.0. The number of anilines is 2. The summed E-state index contributed by atoms with van der Waals surface area (Å²) < 4.78 is 61.3. The second-order valence-electron chi connectivity index (χ2n) is 7.88. The summed E-state index contributed by atoms with van der Waals surface area (Å²) in [6.45, 7) is -0.189. The van der Waals surface area contributed by atoms with Gasteiger partial charge < -0.3 is 21.5 Å². The molecule has 8 nitrogen and oxygen atoms in total. The van der Waals surface area contributed by atoms with E-state index in [1.165, 1.54) is 29.1 Å². The van der Waals surface area contributed by atoms with E-state index in [1.54, 1.807) is 7.05 Å². The van der Waals surface area contributed by atoms with Crippen LogP contribution in [0.1, 0.15) is 40.7 Å². The number of carbonyl (C=O) groups excluding carboxylic acids is 1. The highest BCUT2D eigenvalue weighted by Gasteiger charge is 2.35. The summed E-state index contributed by atoms with van der Waals surface area (Å²) in [6, 6.07) is 4.28. The number of carbonyl (C=O) groups is 1. The lowest BCUT2D eigenvalue weighted by Crippen LogP contribution is -2.32. The number of amides is 1. The topological polar surface area (TPSA) is 121 Å². The van der Waals surface area contributed by atoms with Crippen LogP contribution in [0.5, 0.6) is 0 Å². The van der Waals surface area contributed by atoms with Gasteiger partial charge in [0.05, 0.1) is 29.7 Å². The van der Waals surface area contributed by atoms with Crippen molar-refractivity contribution in [1.29, 1.82) is 0 Å². The van der Waals surface area contributed by atoms with E-state index in [1.807, 2.05) is 0 Å². The molecule has 1 saturated heterocycles. The van der Waals surface area contributed by atoms with Crippen molar-refractivity contribution in [2.45, 2.75) is 37.3 Å². The van der Waals surface area contributed by atoms with Gasteiger partial charge in [0.1, 0.15) is 22.3 Å². The summed E-state index contributed by atoms with van der Waals surface area (Å²) in [5.41, 5.74) is 11.3. The van der Waals surface area contributed by atoms with Crippen LogP contribution in [0.15, 0.2) is 30.5 Å². The number of nitrogens with one attached hydrogen (secondary N) is 1. The highest BCUT2D eigenvalue weighted by molar-refractivity contribution is 7.19. The second kappa shape index (κ2) is 9.31. The maximum atomic E-state index is 13.9. The monoisotopic (exact) mass is 498 g/mol. The third kappa shape index (κ3) is 4.76. The first-order valence-corrected chi connectivity index (χ1v) is 11.1. The van der Waals surface area contributed by atoms with Crippen LogP contribution in [0.3, 0.4) is 0 Å². The predicted molar refractivity (Wildman–Crippen MR) is 119 cm³/mol. The molecule has 0 saturated carbocycles. The minimum Gasteiger partial charge on any atom is -0.389 e. The van der Waals surface area contributed by atoms with Crippen LogP contribution in [-0.4, -0.2) is 39.5 Å². The lowest BCUT2D eigenvalue weighted by Gasteiger charge is -2.17. The molecule has 1 aromatic carbocycles. The third-order valence-electron chi connectivity index (χ3n) is 5.55. The Morgan fingerprint density at radius 3 is 2.76 bits per heavy atom. The first kappa shape index (κ1) is 24.1. The molecule has 3 atom stereocenters. The van der Waals surface area contributed by atoms with Gasteiger partial charge in [-0.25, -0.2) is 9.37 Å². The van der Waals surface area contributed by atoms with E-state index < -0.39 is 36.0 Å². The number of nitrogens with two attached hydrogens (primary N) is 2. The van der Waals surface area contributed by atoms with Gasteiger partial charge in [0, 0.05) is 18.7 Å². The first-order chi connectivity index (χ1) is 16.1. The van der Waals surface area contributed by atoms with Crippen LogP contribution in [0.25, 0.3) is 10.6 Å². The molecule has 1 aliphatic heterocycles. The molecule has 0 unspecified atom stereocenters. The Morgan fingerprint density at radius 2 is 2.03 bits per heavy atom. The number of aromatic nitrogens is 3. The predicted octanol–water partition coefficient (Wildman–Crippen LogP) is 3.91. The summed E-state index contributed by atoms with van der Waals surface area (Å²) in [4.78, 5) is 17.0. The molecule has 4 rings (SSSR count). The Labute approximate surface area is 195 Å². The highest BCUT2D eigenvalue weighted by Crippen LogP contribution is 2.40. The van der Waals surface area contributed by atoms with Crippen molar-refractivity contribution in [3.63, 3.8) is 0 Å². The molecule has 0 radical (unpaired) electrons. The van der Waals surface area contributed by atoms with Gasteiger partial charge >= 0.3 is 6.18 Å². The van der Waals surface area contributed by atoms with Gasteiger partial charge in [-0.3, -0.25) is 9.48 Å². The van der Waals surface area contributed by atoms with Crippen molar-refractivity contribution in [2.24, 2.45) is 12.8 Å². The molecular formula is C21H22F4N6O2S. The maximum Gasteiger partial charge on any atom is 0.417 e. The van der Waals surface area contributed by atoms with Crippen molar-refractivity contribution in [2.75, 3.05) is 17.7 Å². The van der Waals surface area contributed by atoms with Crippen molar-refractivity contribution < 1.29 is 27.1 Å². The number of aryl methyl sites for hydroxylation is 1. The number of alkyl halides is 4. The van der Waals surface area contributed by atoms with Crippen LogP contribution in [0.4, 0.5) is 28.3 Å². The fourth-order valence-electron chi connectivity index (χ4n) is 3.79. The molecule has 34 heavy (non-hydrogen) atoms. The van der Waals surface area contributed by atoms with E-state index in [0.29, 0.717) is 24.2 Å². The van der Waals surface area contributed by atoms with Crippen molar-refractivity contribution in [3.05, 3.63) is 47.4 Å². The zero-order valence-electron chi connectivity index (χ0n) is 18.0. The molecule has 0 spiro atoms. The summed E-state index contributed by atoms with van der Waals surface area (Å²) >= 11 is 0.782. The fourth-order valence-corrected chi connectivity index (χ4v) is 4.66. The van der Waals surface area contributed by atoms with Crippen LogP contribution >= 0.6 is 11.3 Å². The summed E-state index contributed by atoms with van der Waals surface area (Å²) in [5.74, 6) is -0.715. The number of ether oxygens (including phenoxy) is 1. The third-order valence-corrected chi connectivity index (χ3v) is 6.47. The summed E-state index contributed by atoms with van der Waals surface area (Å²) in [5, 5.41) is 6.73. The Balaban J connectivity index is 1.60. The number of thiazole rings is 1. The van der Waals surface area contributed by atoms with Crippen molar-refractivity contribution in [3.8, 4) is 10.6 Å². The summed E-state index contributed by atoms with van der Waals surface area (Å²) in [6.07, 6.45) is -4.26. The number of hydrogen-bond donors (Lipinski definition) is 3. The molecule has 13 heteroatoms. The molecule has 2 aromatic heterocycles. The molecule has 5 N–H and O–H groups in total. The Bertz CT molecular complexity index is 1180. The standard InChI is InChI=1S/C21H22F4N6O2S/c1-31-17(15-7-6-13(26)12(22)9-33-15)14(8-28-31)29-19(32)16-18(27)34-20(30-16)10-4-2-3-5-11(10)21(23,24)25/h2-5,8,12-13,15H,6-7,9,26-27H2,1H3,(H,29,32)/t12-,13+,15-/m0/s1. The zero-order valence-corrected chi connectivity index (χ0v) is 18.8. The Hall–Kier alpha value is -3.03. The lowest BCUT2D eigenvalue weighted by molar-refractivity contribution is -0.137. The minimum absolute atomic E-state index is 0.0305. The largest absolute Gasteiger partial charge is 0.417 e. The highest BCUT2D eigenvalue weighted by atomic mass is 32.1. The molecule has 0 bridgehead atoms. The SMILES string of the molecule is Cn1ncc(NC(=O)c2nc(-c3ccccc3C(F)(F)F)sc2N)c1[C@@H]1CC[C@@H](N)[C@@H](F)CO1. The minimum atomic E-state index is -4.59. The van der Waals surface area contributed by atoms with Gasteiger partial charge in [-0.2, -0.15) is 18.3 Å². The van der Waals surface area contributed by atoms with Gasteiger partial charge in [0.15, 0.2) is 5.69 Å². The van der Waals surface area contributed by atoms with Gasteiger partial charge in [-0.05, 0) is 18.9 Å². The van der Waals surface area contributed by atoms with Crippen molar-refractivity contribution >= 4 is 27.9 Å². The van der Waals surface area contributed by atoms with Gasteiger partial charge in [-0.1, -0.05) is 29.5 Å². The van der Waals surface area contributed by atoms with E-state index in [-0.39, 0.29) is 27.9 Å². The molecule has 1 fully saturated rings. The van der Waals surface area contributed by atoms with Crippen LogP contribution in [0, 0.1) is 0 Å². The molecule has 1 aliphatic rings. The molecule has 3 heterocycles. The van der Waals surface area contributed by atoms with Crippen LogP contribution in [-0.2, 0) is 18.0 Å². The van der Waals surface area contributed by atoms with Gasteiger partial charge in [0.25, 0.3) is 5.91 Å². The molecular weight excluding hydrogens is 476 g/mol. The number of nitrogen functional groups attached to an aromatic ring is 1. The zero-order chi connectivity index (χ0) is 24.6. The van der Waals surface area contributed by atoms with Crippen LogP contribution in [0.2, 0.25) is 0 Å². The number of rotatable bonds is 4. The number of halogens is 4. The molecule has 1 amide bonds. The van der Waals surface area contributed by atoms with E-state index in [9.17, 15) is 22.4 Å². The Kier molecular flexibility index (Phi) is 6.60. The fraction of sp³-hybridized carbons (Fsp3) is 0.381. The van der Waals surface area contributed by atoms with E-state index in [2.05, 4.69) is 15.4 Å². The Morgan fingerprint density at radius 1 is 1.29 bits per heavy atom. The van der Waals surface area contributed by atoms with Gasteiger partial charge in [-0.15, -0.1) is 0 Å². The molecule has 3 aromatic rings. The normalized spacial score (nSPS) is 21.3. The number of hydrogen-bond acceptors (Lipinski definition) is 7. The van der Waals surface area contributed by atoms with Crippen molar-refractivity contribution in [1.82, 2.24) is 14.8 Å². The molecule has 182 valence electrons. The number of nitrogens with zero attached hydrogens (tertiary/aromatic N) is 3. The average Bonchev–Trinajstić information content (AvgIpc) is 3.30. The first-order valence-electron chi connectivity index (χ1n) is 10.3. The van der Waals surface area contributed by atoms with E-state index in [0.717, 1.165) is 17.4 Å². The van der Waals surface area contributed by atoms with Crippen LogP contribution < -0.4 is 16.8 Å². The van der Waals surface area contributed by atoms with E-state index in [4.69, 9.17) is 16.2 Å². The molecule has 0 aliphatic carbocycles. The quantitative estimate of drug-likeness (QED) is 0.469. The van der Waals surface area contributed by atoms with Gasteiger partial charge in [0.2, 0.25) is 0 Å². The maximum absolute atomic E-state index is 13.9. The smallest absolute Gasteiger partial charge is 0.389 e. The second-order valence-corrected chi connectivity index (χ2v) is 8.91.